The maximum absolute atomic E-state index is 6.70. The van der Waals surface area contributed by atoms with Crippen LogP contribution in [0.5, 0.6) is 0 Å². The first-order valence-electron chi connectivity index (χ1n) is 13.8. The molecule has 4 heterocycles. The van der Waals surface area contributed by atoms with E-state index in [2.05, 4.69) is 6.07 Å². The largest absolute Gasteiger partial charge is 0.456 e. The highest BCUT2D eigenvalue weighted by atomic mass is 35.5. The van der Waals surface area contributed by atoms with Crippen molar-refractivity contribution in [1.29, 1.82) is 0 Å². The van der Waals surface area contributed by atoms with Crippen molar-refractivity contribution in [2.45, 2.75) is 0 Å². The van der Waals surface area contributed by atoms with Crippen LogP contribution in [0.4, 0.5) is 0 Å². The molecule has 7 heteroatoms. The Morgan fingerprint density at radius 3 is 2.12 bits per heavy atom. The lowest BCUT2D eigenvalue weighted by atomic mass is 10.0. The van der Waals surface area contributed by atoms with Gasteiger partial charge in [0.2, 0.25) is 0 Å². The van der Waals surface area contributed by atoms with Crippen molar-refractivity contribution < 1.29 is 8.83 Å². The second-order valence-electron chi connectivity index (χ2n) is 10.4. The van der Waals surface area contributed by atoms with Crippen LogP contribution >= 0.6 is 11.6 Å². The summed E-state index contributed by atoms with van der Waals surface area (Å²) in [7, 11) is 0. The van der Waals surface area contributed by atoms with E-state index in [9.17, 15) is 0 Å². The molecule has 0 atom stereocenters. The lowest BCUT2D eigenvalue weighted by Crippen LogP contribution is -2.00. The third kappa shape index (κ3) is 3.74. The van der Waals surface area contributed by atoms with Gasteiger partial charge in [0.1, 0.15) is 16.7 Å². The molecule has 0 N–H and O–H groups in total. The normalized spacial score (nSPS) is 11.8. The van der Waals surface area contributed by atoms with Crippen LogP contribution in [0.2, 0.25) is 5.02 Å². The number of benzene rings is 5. The van der Waals surface area contributed by atoms with E-state index < -0.39 is 0 Å². The number of halogens is 1. The van der Waals surface area contributed by atoms with E-state index in [0.717, 1.165) is 54.9 Å². The molecule has 0 unspecified atom stereocenters. The highest BCUT2D eigenvalue weighted by Crippen LogP contribution is 2.41. The Morgan fingerprint density at radius 1 is 0.512 bits per heavy atom. The minimum Gasteiger partial charge on any atom is -0.456 e. The standard InChI is InChI=1S/C36H19ClN4O2/c37-25-18-17-24(31-32-29(43-33(25)31)19-21-11-4-6-14-26(21)38-32)36-40-34(20-9-2-1-3-10-20)39-35(41-36)23-13-8-16-28-30(23)22-12-5-7-15-27(22)42-28/h1-19H. The van der Waals surface area contributed by atoms with Crippen molar-refractivity contribution in [3.63, 3.8) is 0 Å². The molecule has 9 aromatic rings. The van der Waals surface area contributed by atoms with E-state index >= 15 is 0 Å². The zero-order valence-corrected chi connectivity index (χ0v) is 23.2. The van der Waals surface area contributed by atoms with E-state index in [4.69, 9.17) is 40.4 Å². The maximum atomic E-state index is 6.70. The number of hydrogen-bond acceptors (Lipinski definition) is 6. The number of para-hydroxylation sites is 2. The summed E-state index contributed by atoms with van der Waals surface area (Å²) in [6.45, 7) is 0. The van der Waals surface area contributed by atoms with Crippen molar-refractivity contribution in [3.05, 3.63) is 120 Å². The van der Waals surface area contributed by atoms with E-state index in [-0.39, 0.29) is 0 Å². The highest BCUT2D eigenvalue weighted by Gasteiger charge is 2.22. The molecular formula is C36H19ClN4O2. The zero-order valence-electron chi connectivity index (χ0n) is 22.5. The molecule has 0 saturated heterocycles. The molecule has 0 bridgehead atoms. The average molecular weight is 575 g/mol. The number of nitrogens with zero attached hydrogens (tertiary/aromatic N) is 4. The van der Waals surface area contributed by atoms with E-state index in [1.807, 2.05) is 109 Å². The molecule has 43 heavy (non-hydrogen) atoms. The van der Waals surface area contributed by atoms with Gasteiger partial charge in [-0.3, -0.25) is 0 Å². The number of fused-ring (bicyclic) bond motifs is 7. The van der Waals surface area contributed by atoms with Crippen LogP contribution in [0.25, 0.3) is 89.1 Å². The average Bonchev–Trinajstić information content (AvgIpc) is 3.63. The molecule has 6 nitrogen and oxygen atoms in total. The smallest absolute Gasteiger partial charge is 0.164 e. The first-order valence-corrected chi connectivity index (χ1v) is 14.2. The van der Waals surface area contributed by atoms with Gasteiger partial charge in [0.15, 0.2) is 28.6 Å². The summed E-state index contributed by atoms with van der Waals surface area (Å²) in [5, 5.41) is 4.20. The number of aromatic nitrogens is 4. The van der Waals surface area contributed by atoms with E-state index in [1.165, 1.54) is 0 Å². The molecular weight excluding hydrogens is 556 g/mol. The van der Waals surface area contributed by atoms with Crippen LogP contribution in [0, 0.1) is 0 Å². The maximum Gasteiger partial charge on any atom is 0.164 e. The SMILES string of the molecule is Clc1ccc(-c2nc(-c3ccccc3)nc(-c3cccc4oc5ccccc5c34)n2)c2c1oc1cc3ccccc3nc12. The van der Waals surface area contributed by atoms with Gasteiger partial charge in [-0.15, -0.1) is 0 Å². The van der Waals surface area contributed by atoms with Crippen molar-refractivity contribution >= 4 is 66.5 Å². The Bertz CT molecular complexity index is 2540. The summed E-state index contributed by atoms with van der Waals surface area (Å²) in [5.74, 6) is 1.59. The minimum atomic E-state index is 0.494. The fourth-order valence-corrected chi connectivity index (χ4v) is 6.03. The fraction of sp³-hybridized carbons (Fsp3) is 0. The van der Waals surface area contributed by atoms with Gasteiger partial charge in [-0.05, 0) is 36.4 Å². The van der Waals surface area contributed by atoms with Gasteiger partial charge >= 0.3 is 0 Å². The molecule has 0 aliphatic heterocycles. The lowest BCUT2D eigenvalue weighted by Gasteiger charge is -2.10. The molecule has 0 fully saturated rings. The predicted octanol–water partition coefficient (Wildman–Crippen LogP) is 9.87. The van der Waals surface area contributed by atoms with Crippen molar-refractivity contribution in [3.8, 4) is 34.2 Å². The van der Waals surface area contributed by atoms with Crippen molar-refractivity contribution in [2.24, 2.45) is 0 Å². The van der Waals surface area contributed by atoms with Crippen molar-refractivity contribution in [2.75, 3.05) is 0 Å². The number of rotatable bonds is 3. The van der Waals surface area contributed by atoms with E-state index in [0.29, 0.717) is 39.2 Å². The number of pyridine rings is 1. The van der Waals surface area contributed by atoms with Crippen LogP contribution in [-0.4, -0.2) is 19.9 Å². The van der Waals surface area contributed by atoms with E-state index in [1.54, 1.807) is 0 Å². The van der Waals surface area contributed by atoms with Gasteiger partial charge in [-0.25, -0.2) is 19.9 Å². The first kappa shape index (κ1) is 24.1. The molecule has 0 aliphatic carbocycles. The van der Waals surface area contributed by atoms with Crippen LogP contribution in [0.1, 0.15) is 0 Å². The molecule has 0 saturated carbocycles. The van der Waals surface area contributed by atoms with Gasteiger partial charge in [0, 0.05) is 32.8 Å². The molecule has 0 aliphatic rings. The van der Waals surface area contributed by atoms with Gasteiger partial charge in [0.05, 0.1) is 15.9 Å². The second-order valence-corrected chi connectivity index (χ2v) is 10.8. The Hall–Kier alpha value is -5.59. The summed E-state index contributed by atoms with van der Waals surface area (Å²) >= 11 is 6.70. The fourth-order valence-electron chi connectivity index (χ4n) is 5.84. The Kier molecular flexibility index (Phi) is 5.15. The third-order valence-corrected chi connectivity index (χ3v) is 8.10. The Balaban J connectivity index is 1.37. The second kappa shape index (κ2) is 9.21. The Morgan fingerprint density at radius 2 is 1.23 bits per heavy atom. The summed E-state index contributed by atoms with van der Waals surface area (Å²) in [6, 6.07) is 37.6. The van der Waals surface area contributed by atoms with Crippen LogP contribution in [-0.2, 0) is 0 Å². The van der Waals surface area contributed by atoms with Crippen LogP contribution in [0.15, 0.2) is 124 Å². The van der Waals surface area contributed by atoms with Crippen LogP contribution < -0.4 is 0 Å². The van der Waals surface area contributed by atoms with Gasteiger partial charge in [0.25, 0.3) is 0 Å². The summed E-state index contributed by atoms with van der Waals surface area (Å²) in [4.78, 5) is 20.1. The summed E-state index contributed by atoms with van der Waals surface area (Å²) < 4.78 is 12.5. The van der Waals surface area contributed by atoms with Gasteiger partial charge in [-0.2, -0.15) is 0 Å². The molecule has 202 valence electrons. The van der Waals surface area contributed by atoms with Gasteiger partial charge in [-0.1, -0.05) is 90.5 Å². The molecule has 0 radical (unpaired) electrons. The first-order chi connectivity index (χ1) is 21.2. The van der Waals surface area contributed by atoms with Crippen LogP contribution in [0.3, 0.4) is 0 Å². The number of hydrogen-bond donors (Lipinski definition) is 0. The van der Waals surface area contributed by atoms with Gasteiger partial charge < -0.3 is 8.83 Å². The minimum absolute atomic E-state index is 0.494. The molecule has 9 rings (SSSR count). The van der Waals surface area contributed by atoms with Crippen molar-refractivity contribution in [1.82, 2.24) is 19.9 Å². The summed E-state index contributed by atoms with van der Waals surface area (Å²) in [5.41, 5.74) is 6.83. The lowest BCUT2D eigenvalue weighted by molar-refractivity contribution is 0.668. The molecule has 0 spiro atoms. The summed E-state index contributed by atoms with van der Waals surface area (Å²) in [6.07, 6.45) is 0. The molecule has 0 amide bonds. The molecule has 5 aromatic carbocycles. The highest BCUT2D eigenvalue weighted by molar-refractivity contribution is 6.36. The quantitative estimate of drug-likeness (QED) is 0.209. The Labute approximate surface area is 249 Å². The zero-order chi connectivity index (χ0) is 28.5. The third-order valence-electron chi connectivity index (χ3n) is 7.80. The predicted molar refractivity (Wildman–Crippen MR) is 171 cm³/mol. The molecule has 4 aromatic heterocycles. The topological polar surface area (TPSA) is 77.8 Å². The monoisotopic (exact) mass is 574 g/mol. The number of furan rings is 2.